The minimum Gasteiger partial charge on any atom is -0.349 e. The van der Waals surface area contributed by atoms with E-state index in [9.17, 15) is 4.79 Å². The van der Waals surface area contributed by atoms with Crippen LogP contribution in [0, 0.1) is 0 Å². The van der Waals surface area contributed by atoms with Gasteiger partial charge in [-0.2, -0.15) is 5.10 Å². The lowest BCUT2D eigenvalue weighted by Gasteiger charge is -2.13. The molecule has 0 fully saturated rings. The van der Waals surface area contributed by atoms with Gasteiger partial charge in [-0.1, -0.05) is 18.2 Å². The minimum atomic E-state index is -0.426. The predicted octanol–water partition coefficient (Wildman–Crippen LogP) is 0.971. The Labute approximate surface area is 112 Å². The molecule has 0 aliphatic carbocycles. The number of rotatable bonds is 5. The Kier molecular flexibility index (Phi) is 6.87. The number of aromatic nitrogens is 2. The van der Waals surface area contributed by atoms with Crippen molar-refractivity contribution in [3.05, 3.63) is 29.6 Å². The van der Waals surface area contributed by atoms with Crippen molar-refractivity contribution >= 4 is 29.9 Å². The maximum absolute atomic E-state index is 11.8. The van der Waals surface area contributed by atoms with E-state index in [1.807, 2.05) is 0 Å². The third-order valence-corrected chi connectivity index (χ3v) is 2.20. The average molecular weight is 279 g/mol. The first-order valence-electron chi connectivity index (χ1n) is 4.81. The third-order valence-electron chi connectivity index (χ3n) is 2.06. The molecule has 0 aromatic carbocycles. The largest absolute Gasteiger partial charge is 0.349 e. The fourth-order valence-electron chi connectivity index (χ4n) is 1.32. The molecule has 1 rings (SSSR count). The molecule has 0 aliphatic heterocycles. The Morgan fingerprint density at radius 1 is 1.71 bits per heavy atom. The van der Waals surface area contributed by atoms with Crippen LogP contribution < -0.4 is 10.6 Å². The van der Waals surface area contributed by atoms with Gasteiger partial charge in [0.25, 0.3) is 0 Å². The molecule has 0 saturated heterocycles. The Morgan fingerprint density at radius 2 is 2.35 bits per heavy atom. The van der Waals surface area contributed by atoms with E-state index in [4.69, 9.17) is 11.6 Å². The lowest BCUT2D eigenvalue weighted by molar-refractivity contribution is -0.122. The van der Waals surface area contributed by atoms with Gasteiger partial charge in [0, 0.05) is 23.8 Å². The van der Waals surface area contributed by atoms with Crippen LogP contribution in [0.15, 0.2) is 24.0 Å². The van der Waals surface area contributed by atoms with Gasteiger partial charge < -0.3 is 10.6 Å². The molecule has 0 spiro atoms. The molecule has 2 N–H and O–H groups in total. The van der Waals surface area contributed by atoms with Gasteiger partial charge in [-0.05, 0) is 7.05 Å². The molecule has 1 heterocycles. The monoisotopic (exact) mass is 278 g/mol. The van der Waals surface area contributed by atoms with Gasteiger partial charge in [0.15, 0.2) is 0 Å². The number of likely N-dealkylation sites (N-methyl/N-ethyl adjacent to an activating group) is 1. The van der Waals surface area contributed by atoms with Crippen molar-refractivity contribution in [2.24, 2.45) is 7.05 Å². The maximum Gasteiger partial charge on any atom is 0.242 e. The van der Waals surface area contributed by atoms with Crippen molar-refractivity contribution < 1.29 is 4.79 Å². The summed E-state index contributed by atoms with van der Waals surface area (Å²) in [5.74, 6) is -0.155. The SMILES string of the molecule is C=C(Cl)CNC(=O)C(NC)c1cnn(C)c1.Cl. The smallest absolute Gasteiger partial charge is 0.242 e. The molecule has 1 amide bonds. The summed E-state index contributed by atoms with van der Waals surface area (Å²) in [5, 5.41) is 10.0. The molecule has 1 aromatic rings. The molecular weight excluding hydrogens is 263 g/mol. The third kappa shape index (κ3) is 4.77. The van der Waals surface area contributed by atoms with Crippen molar-refractivity contribution in [3.63, 3.8) is 0 Å². The highest BCUT2D eigenvalue weighted by atomic mass is 35.5. The highest BCUT2D eigenvalue weighted by molar-refractivity contribution is 6.29. The van der Waals surface area contributed by atoms with E-state index >= 15 is 0 Å². The highest BCUT2D eigenvalue weighted by Crippen LogP contribution is 2.11. The molecule has 5 nitrogen and oxygen atoms in total. The number of halogens is 2. The van der Waals surface area contributed by atoms with Crippen molar-refractivity contribution in [2.75, 3.05) is 13.6 Å². The number of hydrogen-bond acceptors (Lipinski definition) is 3. The quantitative estimate of drug-likeness (QED) is 0.844. The fourth-order valence-corrected chi connectivity index (χ4v) is 1.39. The lowest BCUT2D eigenvalue weighted by Crippen LogP contribution is -2.36. The Morgan fingerprint density at radius 3 is 2.76 bits per heavy atom. The molecule has 1 atom stereocenters. The van der Waals surface area contributed by atoms with Crippen LogP contribution in [0.2, 0.25) is 0 Å². The standard InChI is InChI=1S/C10H15ClN4O.ClH/c1-7(11)4-13-10(16)9(12-2)8-5-14-15(3)6-8;/h5-6,9,12H,1,4H2,2-3H3,(H,13,16);1H. The molecule has 1 aromatic heterocycles. The number of carbonyl (C=O) groups is 1. The summed E-state index contributed by atoms with van der Waals surface area (Å²) in [4.78, 5) is 11.8. The average Bonchev–Trinajstić information content (AvgIpc) is 2.63. The van der Waals surface area contributed by atoms with E-state index in [1.165, 1.54) is 0 Å². The molecular formula is C10H16Cl2N4O. The van der Waals surface area contributed by atoms with Crippen LogP contribution in [-0.4, -0.2) is 29.3 Å². The van der Waals surface area contributed by atoms with Crippen LogP contribution in [0.4, 0.5) is 0 Å². The normalized spacial score (nSPS) is 11.5. The van der Waals surface area contributed by atoms with Crippen molar-refractivity contribution in [1.29, 1.82) is 0 Å². The van der Waals surface area contributed by atoms with Crippen molar-refractivity contribution in [3.8, 4) is 0 Å². The Bertz CT molecular complexity index is 391. The van der Waals surface area contributed by atoms with Gasteiger partial charge in [-0.25, -0.2) is 0 Å². The second-order valence-electron chi connectivity index (χ2n) is 3.40. The van der Waals surface area contributed by atoms with Crippen molar-refractivity contribution in [1.82, 2.24) is 20.4 Å². The summed E-state index contributed by atoms with van der Waals surface area (Å²) in [6.07, 6.45) is 3.44. The van der Waals surface area contributed by atoms with Crippen LogP contribution in [0.3, 0.4) is 0 Å². The van der Waals surface area contributed by atoms with Gasteiger partial charge in [0.05, 0.1) is 12.7 Å². The maximum atomic E-state index is 11.8. The second-order valence-corrected chi connectivity index (χ2v) is 3.94. The molecule has 96 valence electrons. The predicted molar refractivity (Wildman–Crippen MR) is 70.3 cm³/mol. The molecule has 1 unspecified atom stereocenters. The minimum absolute atomic E-state index is 0. The van der Waals surface area contributed by atoms with Crippen LogP contribution >= 0.6 is 24.0 Å². The van der Waals surface area contributed by atoms with Gasteiger partial charge in [-0.15, -0.1) is 12.4 Å². The lowest BCUT2D eigenvalue weighted by atomic mass is 10.1. The number of amides is 1. The van der Waals surface area contributed by atoms with Gasteiger partial charge in [-0.3, -0.25) is 9.48 Å². The van der Waals surface area contributed by atoms with E-state index in [2.05, 4.69) is 22.3 Å². The van der Waals surface area contributed by atoms with Crippen LogP contribution in [0.25, 0.3) is 0 Å². The first kappa shape index (κ1) is 16.0. The summed E-state index contributed by atoms with van der Waals surface area (Å²) < 4.78 is 1.65. The molecule has 7 heteroatoms. The number of aryl methyl sites for hydroxylation is 1. The number of carbonyl (C=O) groups excluding carboxylic acids is 1. The Hall–Kier alpha value is -1.04. The molecule has 0 saturated carbocycles. The summed E-state index contributed by atoms with van der Waals surface area (Å²) >= 11 is 5.57. The van der Waals surface area contributed by atoms with Crippen LogP contribution in [0.1, 0.15) is 11.6 Å². The summed E-state index contributed by atoms with van der Waals surface area (Å²) in [6.45, 7) is 3.77. The van der Waals surface area contributed by atoms with E-state index < -0.39 is 6.04 Å². The Balaban J connectivity index is 0.00000256. The topological polar surface area (TPSA) is 59.0 Å². The molecule has 17 heavy (non-hydrogen) atoms. The van der Waals surface area contributed by atoms with Crippen LogP contribution in [-0.2, 0) is 11.8 Å². The molecule has 0 aliphatic rings. The van der Waals surface area contributed by atoms with E-state index in [1.54, 1.807) is 31.2 Å². The summed E-state index contributed by atoms with van der Waals surface area (Å²) in [5.41, 5.74) is 0.808. The fraction of sp³-hybridized carbons (Fsp3) is 0.400. The number of nitrogens with one attached hydrogen (secondary N) is 2. The van der Waals surface area contributed by atoms with E-state index in [-0.39, 0.29) is 24.9 Å². The zero-order valence-corrected chi connectivity index (χ0v) is 11.3. The molecule has 0 bridgehead atoms. The second kappa shape index (κ2) is 7.32. The zero-order chi connectivity index (χ0) is 12.1. The van der Waals surface area contributed by atoms with Gasteiger partial charge in [0.1, 0.15) is 6.04 Å². The van der Waals surface area contributed by atoms with Crippen molar-refractivity contribution in [2.45, 2.75) is 6.04 Å². The van der Waals surface area contributed by atoms with E-state index in [0.717, 1.165) is 5.56 Å². The number of hydrogen-bond donors (Lipinski definition) is 2. The van der Waals surface area contributed by atoms with Crippen LogP contribution in [0.5, 0.6) is 0 Å². The highest BCUT2D eigenvalue weighted by Gasteiger charge is 2.19. The number of nitrogens with zero attached hydrogens (tertiary/aromatic N) is 2. The molecule has 0 radical (unpaired) electrons. The van der Waals surface area contributed by atoms with Gasteiger partial charge in [0.2, 0.25) is 5.91 Å². The summed E-state index contributed by atoms with van der Waals surface area (Å²) in [6, 6.07) is -0.426. The first-order chi connectivity index (χ1) is 7.54. The first-order valence-corrected chi connectivity index (χ1v) is 5.19. The zero-order valence-electron chi connectivity index (χ0n) is 9.74. The van der Waals surface area contributed by atoms with Gasteiger partial charge >= 0.3 is 0 Å². The summed E-state index contributed by atoms with van der Waals surface area (Å²) in [7, 11) is 3.52. The van der Waals surface area contributed by atoms with E-state index in [0.29, 0.717) is 5.03 Å².